The number of rotatable bonds is 4. The Morgan fingerprint density at radius 1 is 1.17 bits per heavy atom. The zero-order valence-corrected chi connectivity index (χ0v) is 17.8. The third kappa shape index (κ3) is 4.07. The Kier molecular flexibility index (Phi) is 6.08. The number of nitrogens with zero attached hydrogens (tertiary/aromatic N) is 1. The standard InChI is InChI=1S/C18H24BrN3O.HI/c1-2-20-18(22-16-9-13-7-8-17(16)23-13)21-15-10-14(15)11-3-5-12(19)6-4-11;/h3-6,13-17H,2,7-10H2,1H3,(H2,20,21,22);1H. The third-order valence-electron chi connectivity index (χ3n) is 5.16. The fourth-order valence-corrected chi connectivity index (χ4v) is 4.13. The smallest absolute Gasteiger partial charge is 0.191 e. The van der Waals surface area contributed by atoms with E-state index in [2.05, 4.69) is 62.7 Å². The number of fused-ring (bicyclic) bond motifs is 2. The van der Waals surface area contributed by atoms with Gasteiger partial charge in [-0.25, -0.2) is 0 Å². The summed E-state index contributed by atoms with van der Waals surface area (Å²) in [4.78, 5) is 4.62. The molecule has 3 fully saturated rings. The molecule has 6 heteroatoms. The van der Waals surface area contributed by atoms with E-state index in [1.54, 1.807) is 0 Å². The molecule has 2 heterocycles. The van der Waals surface area contributed by atoms with E-state index >= 15 is 0 Å². The maximum Gasteiger partial charge on any atom is 0.191 e. The summed E-state index contributed by atoms with van der Waals surface area (Å²) in [6.45, 7) is 2.88. The lowest BCUT2D eigenvalue weighted by molar-refractivity contribution is 0.0992. The Balaban J connectivity index is 0.00000169. The monoisotopic (exact) mass is 505 g/mol. The number of nitrogens with one attached hydrogen (secondary N) is 2. The van der Waals surface area contributed by atoms with Crippen LogP contribution in [0.3, 0.4) is 0 Å². The van der Waals surface area contributed by atoms with E-state index < -0.39 is 0 Å². The molecule has 1 saturated carbocycles. The van der Waals surface area contributed by atoms with Crippen molar-refractivity contribution in [2.24, 2.45) is 4.99 Å². The van der Waals surface area contributed by atoms with Crippen LogP contribution >= 0.6 is 39.9 Å². The number of hydrogen-bond donors (Lipinski definition) is 2. The average Bonchev–Trinajstić information content (AvgIpc) is 2.99. The molecule has 2 aliphatic heterocycles. The lowest BCUT2D eigenvalue weighted by Gasteiger charge is -2.23. The first-order valence-corrected chi connectivity index (χ1v) is 9.50. The molecule has 1 aromatic carbocycles. The zero-order chi connectivity index (χ0) is 15.8. The van der Waals surface area contributed by atoms with Gasteiger partial charge in [0.25, 0.3) is 0 Å². The van der Waals surface area contributed by atoms with Gasteiger partial charge in [-0.2, -0.15) is 0 Å². The van der Waals surface area contributed by atoms with Crippen LogP contribution in [0.15, 0.2) is 33.7 Å². The van der Waals surface area contributed by atoms with Crippen molar-refractivity contribution < 1.29 is 4.74 Å². The van der Waals surface area contributed by atoms with Crippen molar-refractivity contribution in [1.82, 2.24) is 10.6 Å². The molecule has 5 unspecified atom stereocenters. The van der Waals surface area contributed by atoms with Gasteiger partial charge in [-0.3, -0.25) is 4.99 Å². The van der Waals surface area contributed by atoms with Crippen molar-refractivity contribution in [3.05, 3.63) is 34.3 Å². The SMILES string of the molecule is CCN=C(NC1CC2CCC1O2)NC1CC1c1ccc(Br)cc1.I. The second-order valence-corrected chi connectivity index (χ2v) is 7.74. The molecule has 3 aliphatic rings. The molecule has 2 saturated heterocycles. The van der Waals surface area contributed by atoms with Gasteiger partial charge in [0.2, 0.25) is 0 Å². The van der Waals surface area contributed by atoms with Crippen molar-refractivity contribution in [2.45, 2.75) is 62.8 Å². The van der Waals surface area contributed by atoms with E-state index in [0.29, 0.717) is 30.2 Å². The van der Waals surface area contributed by atoms with Crippen molar-refractivity contribution >= 4 is 45.9 Å². The largest absolute Gasteiger partial charge is 0.373 e. The summed E-state index contributed by atoms with van der Waals surface area (Å²) in [6, 6.07) is 9.59. The van der Waals surface area contributed by atoms with Crippen LogP contribution in [-0.2, 0) is 4.74 Å². The molecule has 1 aromatic rings. The third-order valence-corrected chi connectivity index (χ3v) is 5.68. The summed E-state index contributed by atoms with van der Waals surface area (Å²) < 4.78 is 7.07. The topological polar surface area (TPSA) is 45.7 Å². The first kappa shape index (κ1) is 18.5. The van der Waals surface area contributed by atoms with Crippen LogP contribution in [0.2, 0.25) is 0 Å². The number of guanidine groups is 1. The lowest BCUT2D eigenvalue weighted by atomic mass is 9.96. The molecule has 0 amide bonds. The first-order chi connectivity index (χ1) is 11.2. The molecular weight excluding hydrogens is 481 g/mol. The van der Waals surface area contributed by atoms with Gasteiger partial charge in [0.15, 0.2) is 5.96 Å². The Morgan fingerprint density at radius 2 is 1.92 bits per heavy atom. The van der Waals surface area contributed by atoms with Gasteiger partial charge in [-0.1, -0.05) is 28.1 Å². The number of halogens is 2. The van der Waals surface area contributed by atoms with Crippen molar-refractivity contribution in [3.8, 4) is 0 Å². The molecule has 24 heavy (non-hydrogen) atoms. The van der Waals surface area contributed by atoms with E-state index in [1.807, 2.05) is 0 Å². The summed E-state index contributed by atoms with van der Waals surface area (Å²) in [5.74, 6) is 1.56. The molecule has 0 aromatic heterocycles. The molecule has 4 rings (SSSR count). The van der Waals surface area contributed by atoms with Crippen LogP contribution in [0.25, 0.3) is 0 Å². The normalized spacial score (nSPS) is 33.9. The van der Waals surface area contributed by atoms with Crippen LogP contribution in [0.5, 0.6) is 0 Å². The van der Waals surface area contributed by atoms with Gasteiger partial charge in [-0.05, 0) is 50.3 Å². The summed E-state index contributed by atoms with van der Waals surface area (Å²) in [5.41, 5.74) is 1.41. The van der Waals surface area contributed by atoms with Crippen LogP contribution in [0, 0.1) is 0 Å². The number of hydrogen-bond acceptors (Lipinski definition) is 2. The fraction of sp³-hybridized carbons (Fsp3) is 0.611. The van der Waals surface area contributed by atoms with Gasteiger partial charge in [-0.15, -0.1) is 24.0 Å². The second-order valence-electron chi connectivity index (χ2n) is 6.83. The van der Waals surface area contributed by atoms with Gasteiger partial charge in [0.05, 0.1) is 18.2 Å². The Morgan fingerprint density at radius 3 is 2.54 bits per heavy atom. The molecule has 2 bridgehead atoms. The summed E-state index contributed by atoms with van der Waals surface area (Å²) in [6.07, 6.45) is 5.56. The maximum absolute atomic E-state index is 5.94. The zero-order valence-electron chi connectivity index (χ0n) is 13.9. The summed E-state index contributed by atoms with van der Waals surface area (Å²) in [7, 11) is 0. The van der Waals surface area contributed by atoms with Crippen LogP contribution in [0.1, 0.15) is 44.1 Å². The predicted octanol–water partition coefficient (Wildman–Crippen LogP) is 3.80. The highest BCUT2D eigenvalue weighted by molar-refractivity contribution is 14.0. The van der Waals surface area contributed by atoms with Gasteiger partial charge < -0.3 is 15.4 Å². The Labute approximate surface area is 169 Å². The van der Waals surface area contributed by atoms with E-state index in [9.17, 15) is 0 Å². The van der Waals surface area contributed by atoms with Crippen LogP contribution in [-0.4, -0.2) is 36.8 Å². The summed E-state index contributed by atoms with van der Waals surface area (Å²) >= 11 is 3.50. The van der Waals surface area contributed by atoms with Crippen molar-refractivity contribution in [1.29, 1.82) is 0 Å². The van der Waals surface area contributed by atoms with Crippen molar-refractivity contribution in [3.63, 3.8) is 0 Å². The minimum absolute atomic E-state index is 0. The van der Waals surface area contributed by atoms with Crippen LogP contribution in [0.4, 0.5) is 0 Å². The van der Waals surface area contributed by atoms with E-state index in [1.165, 1.54) is 24.8 Å². The highest BCUT2D eigenvalue weighted by Crippen LogP contribution is 2.41. The highest BCUT2D eigenvalue weighted by atomic mass is 127. The van der Waals surface area contributed by atoms with E-state index in [4.69, 9.17) is 4.74 Å². The predicted molar refractivity (Wildman–Crippen MR) is 111 cm³/mol. The average molecular weight is 506 g/mol. The van der Waals surface area contributed by atoms with Gasteiger partial charge in [0, 0.05) is 23.0 Å². The highest BCUT2D eigenvalue weighted by Gasteiger charge is 2.43. The number of aliphatic imine (C=N–C) groups is 1. The molecule has 132 valence electrons. The minimum Gasteiger partial charge on any atom is -0.373 e. The maximum atomic E-state index is 5.94. The second kappa shape index (κ2) is 7.91. The molecule has 5 atom stereocenters. The molecule has 2 N–H and O–H groups in total. The molecule has 0 spiro atoms. The summed E-state index contributed by atoms with van der Waals surface area (Å²) in [5, 5.41) is 7.22. The number of benzene rings is 1. The molecule has 4 nitrogen and oxygen atoms in total. The molecule has 0 radical (unpaired) electrons. The number of ether oxygens (including phenoxy) is 1. The minimum atomic E-state index is 0. The van der Waals surface area contributed by atoms with Crippen molar-refractivity contribution in [2.75, 3.05) is 6.54 Å². The van der Waals surface area contributed by atoms with Gasteiger partial charge >= 0.3 is 0 Å². The fourth-order valence-electron chi connectivity index (χ4n) is 3.86. The van der Waals surface area contributed by atoms with E-state index in [-0.39, 0.29) is 24.0 Å². The quantitative estimate of drug-likeness (QED) is 0.371. The van der Waals surface area contributed by atoms with E-state index in [0.717, 1.165) is 23.4 Å². The molecular formula is C18H25BrIN3O. The Hall–Kier alpha value is -0.340. The van der Waals surface area contributed by atoms with Gasteiger partial charge in [0.1, 0.15) is 0 Å². The first-order valence-electron chi connectivity index (χ1n) is 8.71. The molecule has 1 aliphatic carbocycles. The van der Waals surface area contributed by atoms with Crippen LogP contribution < -0.4 is 10.6 Å². The Bertz CT molecular complexity index is 594. The lowest BCUT2D eigenvalue weighted by Crippen LogP contribution is -2.48.